The van der Waals surface area contributed by atoms with Crippen LogP contribution in [0.4, 0.5) is 4.79 Å². The molecule has 2 amide bonds. The fourth-order valence-corrected chi connectivity index (χ4v) is 4.25. The van der Waals surface area contributed by atoms with Gasteiger partial charge in [0.05, 0.1) is 0 Å². The minimum atomic E-state index is -0.526. The number of nitrogens with zero attached hydrogens (tertiary/aromatic N) is 1. The molecule has 1 aliphatic carbocycles. The van der Waals surface area contributed by atoms with Gasteiger partial charge in [0.25, 0.3) is 0 Å². The van der Waals surface area contributed by atoms with Gasteiger partial charge in [-0.05, 0) is 58.4 Å². The summed E-state index contributed by atoms with van der Waals surface area (Å²) in [4.78, 5) is 26.8. The maximum Gasteiger partial charge on any atom is 0.408 e. The van der Waals surface area contributed by atoms with Crippen LogP contribution in [0.3, 0.4) is 0 Å². The summed E-state index contributed by atoms with van der Waals surface area (Å²) in [5.74, 6) is 0.0314. The molecule has 154 valence electrons. The van der Waals surface area contributed by atoms with Crippen LogP contribution in [0.15, 0.2) is 30.3 Å². The molecule has 2 aliphatic rings. The molecular formula is C22H33N3O3. The minimum absolute atomic E-state index is 0.0314. The van der Waals surface area contributed by atoms with E-state index in [2.05, 4.69) is 31.4 Å². The summed E-state index contributed by atoms with van der Waals surface area (Å²) in [7, 11) is 0. The summed E-state index contributed by atoms with van der Waals surface area (Å²) in [6.07, 6.45) is 4.34. The van der Waals surface area contributed by atoms with Gasteiger partial charge in [-0.1, -0.05) is 30.3 Å². The molecule has 1 aliphatic heterocycles. The van der Waals surface area contributed by atoms with Crippen LogP contribution in [0, 0.1) is 0 Å². The van der Waals surface area contributed by atoms with Crippen LogP contribution in [0.25, 0.3) is 0 Å². The Morgan fingerprint density at radius 2 is 1.79 bits per heavy atom. The zero-order chi connectivity index (χ0) is 20.1. The second-order valence-electron chi connectivity index (χ2n) is 8.98. The van der Waals surface area contributed by atoms with E-state index >= 15 is 0 Å². The van der Waals surface area contributed by atoms with E-state index in [1.165, 1.54) is 0 Å². The third-order valence-corrected chi connectivity index (χ3v) is 5.52. The van der Waals surface area contributed by atoms with Crippen LogP contribution in [0.2, 0.25) is 0 Å². The van der Waals surface area contributed by atoms with E-state index in [1.54, 1.807) is 0 Å². The Bertz CT molecular complexity index is 663. The first kappa shape index (κ1) is 20.6. The number of nitrogens with one attached hydrogen (secondary N) is 2. The van der Waals surface area contributed by atoms with Crippen LogP contribution >= 0.6 is 0 Å². The number of rotatable bonds is 5. The van der Waals surface area contributed by atoms with Crippen molar-refractivity contribution < 1.29 is 14.3 Å². The third-order valence-electron chi connectivity index (χ3n) is 5.52. The molecule has 0 spiro atoms. The number of hydrogen-bond donors (Lipinski definition) is 2. The van der Waals surface area contributed by atoms with Crippen molar-refractivity contribution in [3.05, 3.63) is 35.9 Å². The SMILES string of the molecule is CC(C)(C)NC1CCC(N2CC[C@H](NC(=O)OCc3ccccc3)C2=O)CC1. The van der Waals surface area contributed by atoms with Gasteiger partial charge in [0, 0.05) is 24.2 Å². The fourth-order valence-electron chi connectivity index (χ4n) is 4.25. The first-order chi connectivity index (χ1) is 13.3. The van der Waals surface area contributed by atoms with E-state index < -0.39 is 12.1 Å². The summed E-state index contributed by atoms with van der Waals surface area (Å²) >= 11 is 0. The molecule has 3 rings (SSSR count). The summed E-state index contributed by atoms with van der Waals surface area (Å²) < 4.78 is 5.25. The summed E-state index contributed by atoms with van der Waals surface area (Å²) in [6, 6.07) is 9.88. The lowest BCUT2D eigenvalue weighted by atomic mass is 9.89. The van der Waals surface area contributed by atoms with Crippen molar-refractivity contribution >= 4 is 12.0 Å². The van der Waals surface area contributed by atoms with E-state index in [1.807, 2.05) is 35.2 Å². The maximum absolute atomic E-state index is 12.8. The highest BCUT2D eigenvalue weighted by molar-refractivity contribution is 5.87. The number of alkyl carbamates (subject to hydrolysis) is 1. The number of ether oxygens (including phenoxy) is 1. The summed E-state index contributed by atoms with van der Waals surface area (Å²) in [5.41, 5.74) is 1.05. The predicted octanol–water partition coefficient (Wildman–Crippen LogP) is 3.21. The fraction of sp³-hybridized carbons (Fsp3) is 0.636. The van der Waals surface area contributed by atoms with Crippen LogP contribution in [-0.4, -0.2) is 47.1 Å². The highest BCUT2D eigenvalue weighted by atomic mass is 16.5. The number of likely N-dealkylation sites (tertiary alicyclic amines) is 1. The average molecular weight is 388 g/mol. The van der Waals surface area contributed by atoms with Crippen molar-refractivity contribution in [2.75, 3.05) is 6.54 Å². The highest BCUT2D eigenvalue weighted by Gasteiger charge is 2.38. The van der Waals surface area contributed by atoms with Gasteiger partial charge in [-0.25, -0.2) is 4.79 Å². The molecule has 2 fully saturated rings. The van der Waals surface area contributed by atoms with Crippen molar-refractivity contribution in [2.45, 2.75) is 83.1 Å². The largest absolute Gasteiger partial charge is 0.445 e. The van der Waals surface area contributed by atoms with E-state index in [-0.39, 0.29) is 24.1 Å². The molecule has 0 unspecified atom stereocenters. The number of amides is 2. The lowest BCUT2D eigenvalue weighted by molar-refractivity contribution is -0.132. The Hall–Kier alpha value is -2.08. The summed E-state index contributed by atoms with van der Waals surface area (Å²) in [5, 5.41) is 6.41. The van der Waals surface area contributed by atoms with Gasteiger partial charge in [-0.3, -0.25) is 4.79 Å². The first-order valence-corrected chi connectivity index (χ1v) is 10.4. The quantitative estimate of drug-likeness (QED) is 0.814. The van der Waals surface area contributed by atoms with Gasteiger partial charge in [0.15, 0.2) is 0 Å². The second kappa shape index (κ2) is 8.95. The Morgan fingerprint density at radius 3 is 2.43 bits per heavy atom. The molecule has 1 aromatic carbocycles. The van der Waals surface area contributed by atoms with Gasteiger partial charge in [0.1, 0.15) is 12.6 Å². The smallest absolute Gasteiger partial charge is 0.408 e. The van der Waals surface area contributed by atoms with Crippen LogP contribution in [0.5, 0.6) is 0 Å². The number of carbonyl (C=O) groups excluding carboxylic acids is 2. The van der Waals surface area contributed by atoms with Crippen LogP contribution in [0.1, 0.15) is 58.4 Å². The van der Waals surface area contributed by atoms with E-state index in [4.69, 9.17) is 4.74 Å². The molecule has 1 aromatic rings. The van der Waals surface area contributed by atoms with Gasteiger partial charge in [-0.2, -0.15) is 0 Å². The first-order valence-electron chi connectivity index (χ1n) is 10.4. The topological polar surface area (TPSA) is 70.7 Å². The Balaban J connectivity index is 1.43. The summed E-state index contributed by atoms with van der Waals surface area (Å²) in [6.45, 7) is 7.50. The van der Waals surface area contributed by atoms with Crippen molar-refractivity contribution in [1.29, 1.82) is 0 Å². The Morgan fingerprint density at radius 1 is 1.11 bits per heavy atom. The molecule has 1 saturated heterocycles. The van der Waals surface area contributed by atoms with Gasteiger partial charge >= 0.3 is 6.09 Å². The molecular weight excluding hydrogens is 354 g/mol. The molecule has 28 heavy (non-hydrogen) atoms. The lowest BCUT2D eigenvalue weighted by Crippen LogP contribution is -2.49. The third kappa shape index (κ3) is 5.71. The average Bonchev–Trinajstić information content (AvgIpc) is 3.01. The predicted molar refractivity (Wildman–Crippen MR) is 109 cm³/mol. The van der Waals surface area contributed by atoms with Gasteiger partial charge in [-0.15, -0.1) is 0 Å². The number of hydrogen-bond acceptors (Lipinski definition) is 4. The molecule has 2 N–H and O–H groups in total. The van der Waals surface area contributed by atoms with E-state index in [0.29, 0.717) is 19.0 Å². The van der Waals surface area contributed by atoms with Gasteiger partial charge < -0.3 is 20.3 Å². The standard InChI is InChI=1S/C22H33N3O3/c1-22(2,3)24-17-9-11-18(12-10-17)25-14-13-19(20(25)26)23-21(27)28-15-16-7-5-4-6-8-16/h4-8,17-19,24H,9-15H2,1-3H3,(H,23,27)/t17?,18?,19-/m0/s1. The van der Waals surface area contributed by atoms with Crippen molar-refractivity contribution in [3.8, 4) is 0 Å². The molecule has 0 bridgehead atoms. The normalized spacial score (nSPS) is 25.6. The molecule has 1 heterocycles. The molecule has 0 aromatic heterocycles. The minimum Gasteiger partial charge on any atom is -0.445 e. The lowest BCUT2D eigenvalue weighted by Gasteiger charge is -2.37. The number of carbonyl (C=O) groups is 2. The molecule has 1 saturated carbocycles. The maximum atomic E-state index is 12.8. The molecule has 1 atom stereocenters. The van der Waals surface area contributed by atoms with Crippen LogP contribution in [-0.2, 0) is 16.1 Å². The molecule has 0 radical (unpaired) electrons. The number of benzene rings is 1. The zero-order valence-electron chi connectivity index (χ0n) is 17.2. The van der Waals surface area contributed by atoms with Crippen molar-refractivity contribution in [2.24, 2.45) is 0 Å². The Kier molecular flexibility index (Phi) is 6.60. The van der Waals surface area contributed by atoms with E-state index in [0.717, 1.165) is 31.2 Å². The monoisotopic (exact) mass is 387 g/mol. The highest BCUT2D eigenvalue weighted by Crippen LogP contribution is 2.28. The Labute approximate surface area is 168 Å². The van der Waals surface area contributed by atoms with E-state index in [9.17, 15) is 9.59 Å². The molecule has 6 nitrogen and oxygen atoms in total. The van der Waals surface area contributed by atoms with Crippen LogP contribution < -0.4 is 10.6 Å². The molecule has 6 heteroatoms. The van der Waals surface area contributed by atoms with Crippen molar-refractivity contribution in [1.82, 2.24) is 15.5 Å². The van der Waals surface area contributed by atoms with Crippen molar-refractivity contribution in [3.63, 3.8) is 0 Å². The zero-order valence-corrected chi connectivity index (χ0v) is 17.2. The van der Waals surface area contributed by atoms with Gasteiger partial charge in [0.2, 0.25) is 5.91 Å². The second-order valence-corrected chi connectivity index (χ2v) is 8.98.